The van der Waals surface area contributed by atoms with Crippen molar-refractivity contribution in [1.82, 2.24) is 24.6 Å². The first-order valence-corrected chi connectivity index (χ1v) is 9.97. The number of hydrogen-bond acceptors (Lipinski definition) is 5. The number of imidazole rings is 1. The number of fused-ring (bicyclic) bond motifs is 1. The van der Waals surface area contributed by atoms with E-state index in [4.69, 9.17) is 9.51 Å². The number of nitrogens with zero attached hydrogens (tertiary/aromatic N) is 5. The van der Waals surface area contributed by atoms with Gasteiger partial charge in [0.05, 0.1) is 22.9 Å². The lowest BCUT2D eigenvalue weighted by Crippen LogP contribution is -2.29. The third kappa shape index (κ3) is 4.01. The van der Waals surface area contributed by atoms with Gasteiger partial charge in [0.25, 0.3) is 0 Å². The van der Waals surface area contributed by atoms with Crippen LogP contribution in [0, 0.1) is 13.8 Å². The van der Waals surface area contributed by atoms with Crippen molar-refractivity contribution >= 4 is 29.3 Å². The zero-order valence-corrected chi connectivity index (χ0v) is 18.2. The molecule has 1 aliphatic heterocycles. The van der Waals surface area contributed by atoms with E-state index in [9.17, 15) is 4.79 Å². The standard InChI is InChI=1S/C21H27N5O2.ClH/c1-13(2)26-19-11-22-9-7-18(19)23-21(26)16-8-10-25(12-16)20(27)6-5-17-14(3)24-28-15(17)4;/h7,9,11,13,16H,5-6,8,10,12H2,1-4H3;1H. The summed E-state index contributed by atoms with van der Waals surface area (Å²) in [4.78, 5) is 23.9. The predicted molar refractivity (Wildman–Crippen MR) is 113 cm³/mol. The fourth-order valence-electron chi connectivity index (χ4n) is 4.24. The average Bonchev–Trinajstić information content (AvgIpc) is 3.37. The third-order valence-corrected chi connectivity index (χ3v) is 5.71. The summed E-state index contributed by atoms with van der Waals surface area (Å²) in [7, 11) is 0. The fourth-order valence-corrected chi connectivity index (χ4v) is 4.24. The molecule has 0 aromatic carbocycles. The topological polar surface area (TPSA) is 77.1 Å². The van der Waals surface area contributed by atoms with Crippen molar-refractivity contribution in [3.63, 3.8) is 0 Å². The first kappa shape index (κ1) is 21.3. The normalized spacial score (nSPS) is 16.6. The molecule has 0 bridgehead atoms. The largest absolute Gasteiger partial charge is 0.361 e. The monoisotopic (exact) mass is 417 g/mol. The van der Waals surface area contributed by atoms with Gasteiger partial charge < -0.3 is 14.0 Å². The van der Waals surface area contributed by atoms with Gasteiger partial charge in [0, 0.05) is 43.2 Å². The van der Waals surface area contributed by atoms with E-state index in [0.717, 1.165) is 53.4 Å². The van der Waals surface area contributed by atoms with Gasteiger partial charge in [-0.05, 0) is 46.6 Å². The molecule has 0 N–H and O–H groups in total. The van der Waals surface area contributed by atoms with Gasteiger partial charge in [0.2, 0.25) is 5.91 Å². The molecule has 0 saturated carbocycles. The van der Waals surface area contributed by atoms with E-state index in [-0.39, 0.29) is 24.2 Å². The molecule has 7 nitrogen and oxygen atoms in total. The zero-order valence-electron chi connectivity index (χ0n) is 17.4. The molecule has 1 amide bonds. The summed E-state index contributed by atoms with van der Waals surface area (Å²) in [5.74, 6) is 2.33. The van der Waals surface area contributed by atoms with E-state index >= 15 is 0 Å². The Morgan fingerprint density at radius 1 is 1.34 bits per heavy atom. The highest BCUT2D eigenvalue weighted by atomic mass is 35.5. The highest BCUT2D eigenvalue weighted by Crippen LogP contribution is 2.32. The van der Waals surface area contributed by atoms with Crippen LogP contribution in [0.4, 0.5) is 0 Å². The summed E-state index contributed by atoms with van der Waals surface area (Å²) >= 11 is 0. The van der Waals surface area contributed by atoms with Crippen molar-refractivity contribution in [2.75, 3.05) is 13.1 Å². The first-order valence-electron chi connectivity index (χ1n) is 9.97. The number of carbonyl (C=O) groups is 1. The molecule has 3 aromatic heterocycles. The lowest BCUT2D eigenvalue weighted by Gasteiger charge is -2.19. The molecule has 1 unspecified atom stereocenters. The number of aryl methyl sites for hydroxylation is 2. The molecule has 0 spiro atoms. The Morgan fingerprint density at radius 3 is 2.83 bits per heavy atom. The molecule has 1 fully saturated rings. The molecule has 0 radical (unpaired) electrons. The summed E-state index contributed by atoms with van der Waals surface area (Å²) in [5, 5.41) is 3.97. The molecule has 4 rings (SSSR count). The van der Waals surface area contributed by atoms with Crippen LogP contribution in [0.25, 0.3) is 11.0 Å². The zero-order chi connectivity index (χ0) is 19.8. The van der Waals surface area contributed by atoms with Crippen LogP contribution in [-0.2, 0) is 11.2 Å². The summed E-state index contributed by atoms with van der Waals surface area (Å²) in [6.45, 7) is 9.66. The maximum atomic E-state index is 12.8. The molecule has 1 aliphatic rings. The Hall–Kier alpha value is -2.41. The van der Waals surface area contributed by atoms with Crippen LogP contribution in [-0.4, -0.2) is 43.6 Å². The van der Waals surface area contributed by atoms with E-state index in [1.807, 2.05) is 31.0 Å². The molecule has 0 aliphatic carbocycles. The van der Waals surface area contributed by atoms with Crippen molar-refractivity contribution in [2.45, 2.75) is 58.9 Å². The van der Waals surface area contributed by atoms with Gasteiger partial charge in [0.15, 0.2) is 0 Å². The second kappa shape index (κ2) is 8.53. The van der Waals surface area contributed by atoms with E-state index < -0.39 is 0 Å². The molecule has 4 heterocycles. The minimum atomic E-state index is 0. The molecule has 1 atom stereocenters. The average molecular weight is 418 g/mol. The number of rotatable bonds is 5. The maximum absolute atomic E-state index is 12.8. The Morgan fingerprint density at radius 2 is 2.14 bits per heavy atom. The van der Waals surface area contributed by atoms with Gasteiger partial charge in [-0.25, -0.2) is 4.98 Å². The molecule has 8 heteroatoms. The number of amides is 1. The number of pyridine rings is 1. The van der Waals surface area contributed by atoms with Crippen molar-refractivity contribution in [2.24, 2.45) is 0 Å². The van der Waals surface area contributed by atoms with Crippen LogP contribution < -0.4 is 0 Å². The van der Waals surface area contributed by atoms with Gasteiger partial charge in [-0.1, -0.05) is 5.16 Å². The Balaban J connectivity index is 0.00000240. The number of hydrogen-bond donors (Lipinski definition) is 0. The molecular weight excluding hydrogens is 390 g/mol. The smallest absolute Gasteiger partial charge is 0.222 e. The van der Waals surface area contributed by atoms with Gasteiger partial charge in [0.1, 0.15) is 11.6 Å². The summed E-state index contributed by atoms with van der Waals surface area (Å²) in [5.41, 5.74) is 3.97. The van der Waals surface area contributed by atoms with Gasteiger partial charge >= 0.3 is 0 Å². The predicted octanol–water partition coefficient (Wildman–Crippen LogP) is 3.99. The molecular formula is C21H28ClN5O2. The van der Waals surface area contributed by atoms with Crippen molar-refractivity contribution in [3.8, 4) is 0 Å². The van der Waals surface area contributed by atoms with Crippen molar-refractivity contribution in [3.05, 3.63) is 41.3 Å². The lowest BCUT2D eigenvalue weighted by atomic mass is 10.1. The second-order valence-corrected chi connectivity index (χ2v) is 7.93. The van der Waals surface area contributed by atoms with E-state index in [2.05, 4.69) is 28.6 Å². The number of carbonyl (C=O) groups excluding carboxylic acids is 1. The number of likely N-dealkylation sites (tertiary alicyclic amines) is 1. The van der Waals surface area contributed by atoms with E-state index in [1.54, 1.807) is 6.20 Å². The molecule has 3 aromatic rings. The van der Waals surface area contributed by atoms with Crippen molar-refractivity contribution in [1.29, 1.82) is 0 Å². The maximum Gasteiger partial charge on any atom is 0.222 e. The van der Waals surface area contributed by atoms with Crippen LogP contribution in [0.15, 0.2) is 23.0 Å². The van der Waals surface area contributed by atoms with E-state index in [1.165, 1.54) is 0 Å². The van der Waals surface area contributed by atoms with Gasteiger partial charge in [-0.3, -0.25) is 9.78 Å². The number of halogens is 1. The minimum absolute atomic E-state index is 0. The van der Waals surface area contributed by atoms with Crippen LogP contribution >= 0.6 is 12.4 Å². The van der Waals surface area contributed by atoms with Gasteiger partial charge in [-0.2, -0.15) is 0 Å². The lowest BCUT2D eigenvalue weighted by molar-refractivity contribution is -0.130. The Labute approximate surface area is 176 Å². The van der Waals surface area contributed by atoms with Crippen LogP contribution in [0.1, 0.15) is 61.5 Å². The minimum Gasteiger partial charge on any atom is -0.361 e. The Bertz CT molecular complexity index is 990. The highest BCUT2D eigenvalue weighted by molar-refractivity contribution is 5.85. The molecule has 1 saturated heterocycles. The van der Waals surface area contributed by atoms with Crippen molar-refractivity contribution < 1.29 is 9.32 Å². The fraction of sp³-hybridized carbons (Fsp3) is 0.524. The van der Waals surface area contributed by atoms with E-state index in [0.29, 0.717) is 18.9 Å². The second-order valence-electron chi connectivity index (χ2n) is 7.93. The SMILES string of the molecule is Cc1noc(C)c1CCC(=O)N1CCC(c2nc3ccncc3n2C(C)C)C1.Cl. The van der Waals surface area contributed by atoms with Crippen LogP contribution in [0.2, 0.25) is 0 Å². The summed E-state index contributed by atoms with van der Waals surface area (Å²) < 4.78 is 7.47. The molecule has 29 heavy (non-hydrogen) atoms. The third-order valence-electron chi connectivity index (χ3n) is 5.71. The Kier molecular flexibility index (Phi) is 6.27. The quantitative estimate of drug-likeness (QED) is 0.627. The van der Waals surface area contributed by atoms with Crippen LogP contribution in [0.3, 0.4) is 0 Å². The highest BCUT2D eigenvalue weighted by Gasteiger charge is 2.31. The van der Waals surface area contributed by atoms with Crippen LogP contribution in [0.5, 0.6) is 0 Å². The van der Waals surface area contributed by atoms with Gasteiger partial charge in [-0.15, -0.1) is 12.4 Å². The summed E-state index contributed by atoms with van der Waals surface area (Å²) in [6.07, 6.45) is 5.77. The number of aromatic nitrogens is 4. The first-order chi connectivity index (χ1) is 13.5. The molecule has 156 valence electrons. The summed E-state index contributed by atoms with van der Waals surface area (Å²) in [6, 6.07) is 2.26.